The number of aliphatic carboxylic acids is 1. The Labute approximate surface area is 142 Å². The highest BCUT2D eigenvalue weighted by Gasteiger charge is 2.37. The van der Waals surface area contributed by atoms with Crippen molar-refractivity contribution < 1.29 is 19.1 Å². The Bertz CT molecular complexity index is 630. The number of amides is 1. The number of halogens is 2. The molecule has 0 radical (unpaired) electrons. The minimum Gasteiger partial charge on any atom is -0.481 e. The smallest absolute Gasteiger partial charge is 0.306 e. The first kappa shape index (κ1) is 16.4. The third-order valence-corrected chi connectivity index (χ3v) is 5.66. The van der Waals surface area contributed by atoms with Crippen LogP contribution in [0.4, 0.5) is 4.39 Å². The molecule has 4 nitrogen and oxygen atoms in total. The summed E-state index contributed by atoms with van der Waals surface area (Å²) in [5.74, 6) is -1.30. The van der Waals surface area contributed by atoms with E-state index in [0.29, 0.717) is 29.7 Å². The molecule has 2 aliphatic carbocycles. The van der Waals surface area contributed by atoms with Crippen molar-refractivity contribution in [1.82, 2.24) is 5.32 Å². The summed E-state index contributed by atoms with van der Waals surface area (Å²) >= 11 is 3.19. The minimum atomic E-state index is -0.800. The zero-order chi connectivity index (χ0) is 16.6. The molecule has 0 saturated heterocycles. The van der Waals surface area contributed by atoms with Gasteiger partial charge in [-0.25, -0.2) is 4.39 Å². The molecule has 0 unspecified atom stereocenters. The SMILES string of the molecule is O=C(O)[C@@H]1CC[C@H](C(=O)NC2CC(c3ccc(F)c(Br)c3)C2)C1. The summed E-state index contributed by atoms with van der Waals surface area (Å²) < 4.78 is 13.7. The molecule has 2 saturated carbocycles. The summed E-state index contributed by atoms with van der Waals surface area (Å²) in [7, 11) is 0. The lowest BCUT2D eigenvalue weighted by molar-refractivity contribution is -0.141. The lowest BCUT2D eigenvalue weighted by atomic mass is 9.75. The second kappa shape index (κ2) is 6.59. The maximum absolute atomic E-state index is 13.2. The molecule has 23 heavy (non-hydrogen) atoms. The first-order valence-corrected chi connectivity index (χ1v) is 8.71. The van der Waals surface area contributed by atoms with Crippen LogP contribution in [0.1, 0.15) is 43.6 Å². The number of carbonyl (C=O) groups is 2. The van der Waals surface area contributed by atoms with E-state index in [4.69, 9.17) is 5.11 Å². The Kier molecular flexibility index (Phi) is 4.71. The molecule has 0 aliphatic heterocycles. The van der Waals surface area contributed by atoms with Crippen molar-refractivity contribution in [3.63, 3.8) is 0 Å². The summed E-state index contributed by atoms with van der Waals surface area (Å²) in [5, 5.41) is 12.0. The largest absolute Gasteiger partial charge is 0.481 e. The molecule has 2 N–H and O–H groups in total. The van der Waals surface area contributed by atoms with Crippen LogP contribution in [-0.2, 0) is 9.59 Å². The Morgan fingerprint density at radius 3 is 2.48 bits per heavy atom. The van der Waals surface area contributed by atoms with Gasteiger partial charge in [-0.05, 0) is 71.6 Å². The number of carboxylic acid groups (broad SMARTS) is 1. The van der Waals surface area contributed by atoms with Crippen LogP contribution in [-0.4, -0.2) is 23.0 Å². The molecular weight excluding hydrogens is 365 g/mol. The van der Waals surface area contributed by atoms with Gasteiger partial charge in [-0.3, -0.25) is 9.59 Å². The van der Waals surface area contributed by atoms with Crippen molar-refractivity contribution in [3.05, 3.63) is 34.1 Å². The van der Waals surface area contributed by atoms with Crippen molar-refractivity contribution in [2.75, 3.05) is 0 Å². The fourth-order valence-corrected chi connectivity index (χ4v) is 3.93. The standard InChI is InChI=1S/C17H19BrFNO3/c18-14-8-9(3-4-15(14)19)12-6-13(7-12)20-16(21)10-1-2-11(5-10)17(22)23/h3-4,8,10-13H,1-2,5-7H2,(H,20,21)(H,22,23)/t10-,11+,12?,13?/m0/s1. The van der Waals surface area contributed by atoms with Crippen LogP contribution in [0.15, 0.2) is 22.7 Å². The molecule has 2 aliphatic rings. The van der Waals surface area contributed by atoms with Gasteiger partial charge < -0.3 is 10.4 Å². The number of nitrogens with one attached hydrogen (secondary N) is 1. The number of hydrogen-bond donors (Lipinski definition) is 2. The van der Waals surface area contributed by atoms with Crippen molar-refractivity contribution >= 4 is 27.8 Å². The normalized spacial score (nSPS) is 29.8. The molecular formula is C17H19BrFNO3. The average Bonchev–Trinajstić information content (AvgIpc) is 2.95. The first-order chi connectivity index (χ1) is 10.9. The predicted octanol–water partition coefficient (Wildman–Crippen LogP) is 3.45. The van der Waals surface area contributed by atoms with Gasteiger partial charge in [0.25, 0.3) is 0 Å². The highest BCUT2D eigenvalue weighted by atomic mass is 79.9. The number of rotatable bonds is 4. The topological polar surface area (TPSA) is 66.4 Å². The van der Waals surface area contributed by atoms with Gasteiger partial charge in [0.05, 0.1) is 10.4 Å². The monoisotopic (exact) mass is 383 g/mol. The molecule has 6 heteroatoms. The Balaban J connectivity index is 1.47. The quantitative estimate of drug-likeness (QED) is 0.836. The Hall–Kier alpha value is -1.43. The summed E-state index contributed by atoms with van der Waals surface area (Å²) in [6.45, 7) is 0. The summed E-state index contributed by atoms with van der Waals surface area (Å²) in [4.78, 5) is 23.1. The van der Waals surface area contributed by atoms with Gasteiger partial charge in [0.1, 0.15) is 5.82 Å². The highest BCUT2D eigenvalue weighted by molar-refractivity contribution is 9.10. The maximum Gasteiger partial charge on any atom is 0.306 e. The van der Waals surface area contributed by atoms with Crippen LogP contribution < -0.4 is 5.32 Å². The molecule has 124 valence electrons. The van der Waals surface area contributed by atoms with Gasteiger partial charge in [-0.2, -0.15) is 0 Å². The van der Waals surface area contributed by atoms with Crippen LogP contribution in [0.5, 0.6) is 0 Å². The van der Waals surface area contributed by atoms with Crippen molar-refractivity contribution in [3.8, 4) is 0 Å². The number of carbonyl (C=O) groups excluding carboxylic acids is 1. The van der Waals surface area contributed by atoms with Crippen LogP contribution in [0.2, 0.25) is 0 Å². The van der Waals surface area contributed by atoms with E-state index in [1.807, 2.05) is 0 Å². The van der Waals surface area contributed by atoms with E-state index in [0.717, 1.165) is 18.4 Å². The van der Waals surface area contributed by atoms with E-state index in [9.17, 15) is 14.0 Å². The fraction of sp³-hybridized carbons (Fsp3) is 0.529. The molecule has 0 aromatic heterocycles. The first-order valence-electron chi connectivity index (χ1n) is 7.92. The number of hydrogen-bond acceptors (Lipinski definition) is 2. The van der Waals surface area contributed by atoms with E-state index in [2.05, 4.69) is 21.2 Å². The van der Waals surface area contributed by atoms with Gasteiger partial charge in [0, 0.05) is 12.0 Å². The minimum absolute atomic E-state index is 0.0162. The molecule has 0 heterocycles. The number of benzene rings is 1. The Morgan fingerprint density at radius 1 is 1.17 bits per heavy atom. The lowest BCUT2D eigenvalue weighted by Gasteiger charge is -2.37. The van der Waals surface area contributed by atoms with E-state index < -0.39 is 5.97 Å². The fourth-order valence-electron chi connectivity index (χ4n) is 3.54. The van der Waals surface area contributed by atoms with Crippen LogP contribution >= 0.6 is 15.9 Å². The Morgan fingerprint density at radius 2 is 1.87 bits per heavy atom. The zero-order valence-corrected chi connectivity index (χ0v) is 14.2. The molecule has 2 atom stereocenters. The van der Waals surface area contributed by atoms with Crippen LogP contribution in [0, 0.1) is 17.7 Å². The average molecular weight is 384 g/mol. The van der Waals surface area contributed by atoms with Crippen LogP contribution in [0.25, 0.3) is 0 Å². The summed E-state index contributed by atoms with van der Waals surface area (Å²) in [5.41, 5.74) is 1.08. The number of carboxylic acids is 1. The van der Waals surface area contributed by atoms with Gasteiger partial charge >= 0.3 is 5.97 Å². The van der Waals surface area contributed by atoms with Gasteiger partial charge in [0.2, 0.25) is 5.91 Å². The van der Waals surface area contributed by atoms with Gasteiger partial charge in [0.15, 0.2) is 0 Å². The zero-order valence-electron chi connectivity index (χ0n) is 12.6. The molecule has 1 aromatic carbocycles. The summed E-state index contributed by atoms with van der Waals surface area (Å²) in [6, 6.07) is 5.18. The van der Waals surface area contributed by atoms with Gasteiger partial charge in [-0.1, -0.05) is 6.07 Å². The van der Waals surface area contributed by atoms with Gasteiger partial charge in [-0.15, -0.1) is 0 Å². The van der Waals surface area contributed by atoms with Crippen molar-refractivity contribution in [2.24, 2.45) is 11.8 Å². The van der Waals surface area contributed by atoms with E-state index in [1.165, 1.54) is 6.07 Å². The third kappa shape index (κ3) is 3.57. The van der Waals surface area contributed by atoms with Crippen LogP contribution in [0.3, 0.4) is 0 Å². The molecule has 3 rings (SSSR count). The van der Waals surface area contributed by atoms with Crippen molar-refractivity contribution in [1.29, 1.82) is 0 Å². The van der Waals surface area contributed by atoms with E-state index in [-0.39, 0.29) is 29.6 Å². The molecule has 0 bridgehead atoms. The van der Waals surface area contributed by atoms with E-state index in [1.54, 1.807) is 12.1 Å². The molecule has 1 amide bonds. The van der Waals surface area contributed by atoms with Crippen molar-refractivity contribution in [2.45, 2.75) is 44.1 Å². The highest BCUT2D eigenvalue weighted by Crippen LogP contribution is 2.39. The lowest BCUT2D eigenvalue weighted by Crippen LogP contribution is -2.45. The van der Waals surface area contributed by atoms with E-state index >= 15 is 0 Å². The molecule has 0 spiro atoms. The molecule has 1 aromatic rings. The maximum atomic E-state index is 13.2. The summed E-state index contributed by atoms with van der Waals surface area (Å²) in [6.07, 6.45) is 3.38. The second-order valence-corrected chi connectivity index (χ2v) is 7.45. The third-order valence-electron chi connectivity index (χ3n) is 5.05. The second-order valence-electron chi connectivity index (χ2n) is 6.59. The molecule has 2 fully saturated rings. The predicted molar refractivity (Wildman–Crippen MR) is 86.5 cm³/mol.